The zero-order valence-electron chi connectivity index (χ0n) is 11.0. The van der Waals surface area contributed by atoms with Crippen molar-refractivity contribution in [2.24, 2.45) is 0 Å². The van der Waals surface area contributed by atoms with Crippen molar-refractivity contribution in [3.8, 4) is 0 Å². The second-order valence-corrected chi connectivity index (χ2v) is 5.71. The maximum absolute atomic E-state index is 11.9. The minimum Gasteiger partial charge on any atom is -0.382 e. The second kappa shape index (κ2) is 7.51. The van der Waals surface area contributed by atoms with Crippen molar-refractivity contribution in [3.63, 3.8) is 0 Å². The highest BCUT2D eigenvalue weighted by Crippen LogP contribution is 2.10. The summed E-state index contributed by atoms with van der Waals surface area (Å²) in [6, 6.07) is 6.97. The van der Waals surface area contributed by atoms with Gasteiger partial charge in [-0.15, -0.1) is 0 Å². The predicted molar refractivity (Wildman–Crippen MR) is 72.1 cm³/mol. The Labute approximate surface area is 109 Å². The molecule has 1 rings (SSSR count). The number of benzene rings is 1. The van der Waals surface area contributed by atoms with E-state index in [1.165, 1.54) is 0 Å². The van der Waals surface area contributed by atoms with Crippen molar-refractivity contribution in [1.82, 2.24) is 4.72 Å². The van der Waals surface area contributed by atoms with E-state index >= 15 is 0 Å². The van der Waals surface area contributed by atoms with Crippen LogP contribution in [0, 0.1) is 0 Å². The molecule has 18 heavy (non-hydrogen) atoms. The Morgan fingerprint density at radius 1 is 1.17 bits per heavy atom. The number of sulfonamides is 1. The molecule has 0 radical (unpaired) electrons. The molecule has 102 valence electrons. The van der Waals surface area contributed by atoms with Gasteiger partial charge >= 0.3 is 0 Å². The third-order valence-corrected chi connectivity index (χ3v) is 4.08. The van der Waals surface area contributed by atoms with Crippen LogP contribution in [0.4, 0.5) is 0 Å². The number of rotatable bonds is 8. The Balaban J connectivity index is 2.51. The standard InChI is InChI=1S/C13H21NO3S/c1-3-12-6-8-13(9-7-12)18(15,16)14-10-5-11-17-4-2/h6-9,14H,3-5,10-11H2,1-2H3. The van der Waals surface area contributed by atoms with Gasteiger partial charge in [0.15, 0.2) is 0 Å². The predicted octanol–water partition coefficient (Wildman–Crippen LogP) is 1.95. The fraction of sp³-hybridized carbons (Fsp3) is 0.538. The molecule has 0 fully saturated rings. The lowest BCUT2D eigenvalue weighted by Gasteiger charge is -2.07. The quantitative estimate of drug-likeness (QED) is 0.735. The molecule has 0 saturated heterocycles. The van der Waals surface area contributed by atoms with Gasteiger partial charge in [0.05, 0.1) is 4.90 Å². The average Bonchev–Trinajstić information content (AvgIpc) is 2.38. The first-order chi connectivity index (χ1) is 8.60. The molecule has 0 heterocycles. The molecular formula is C13H21NO3S. The lowest BCUT2D eigenvalue weighted by molar-refractivity contribution is 0.146. The third-order valence-electron chi connectivity index (χ3n) is 2.60. The summed E-state index contributed by atoms with van der Waals surface area (Å²) < 4.78 is 31.5. The van der Waals surface area contributed by atoms with Crippen molar-refractivity contribution < 1.29 is 13.2 Å². The molecular weight excluding hydrogens is 250 g/mol. The molecule has 1 aromatic rings. The molecule has 0 saturated carbocycles. The Hall–Kier alpha value is -0.910. The number of aryl methyl sites for hydroxylation is 1. The molecule has 0 aliphatic heterocycles. The SMILES string of the molecule is CCOCCCNS(=O)(=O)c1ccc(CC)cc1. The van der Waals surface area contributed by atoms with Gasteiger partial charge in [-0.2, -0.15) is 0 Å². The summed E-state index contributed by atoms with van der Waals surface area (Å²) in [5.74, 6) is 0. The molecule has 1 N–H and O–H groups in total. The van der Waals surface area contributed by atoms with Gasteiger partial charge in [-0.1, -0.05) is 19.1 Å². The van der Waals surface area contributed by atoms with E-state index in [4.69, 9.17) is 4.74 Å². The first kappa shape index (κ1) is 15.1. The van der Waals surface area contributed by atoms with Crippen LogP contribution in [0.1, 0.15) is 25.8 Å². The maximum Gasteiger partial charge on any atom is 0.240 e. The van der Waals surface area contributed by atoms with E-state index in [-0.39, 0.29) is 0 Å². The van der Waals surface area contributed by atoms with Crippen molar-refractivity contribution in [2.45, 2.75) is 31.6 Å². The van der Waals surface area contributed by atoms with Gasteiger partial charge in [0.25, 0.3) is 0 Å². The Morgan fingerprint density at radius 2 is 1.83 bits per heavy atom. The van der Waals surface area contributed by atoms with Crippen molar-refractivity contribution >= 4 is 10.0 Å². The average molecular weight is 271 g/mol. The summed E-state index contributed by atoms with van der Waals surface area (Å²) in [5.41, 5.74) is 1.13. The minimum absolute atomic E-state index is 0.316. The smallest absolute Gasteiger partial charge is 0.240 e. The van der Waals surface area contributed by atoms with Crippen molar-refractivity contribution in [2.75, 3.05) is 19.8 Å². The number of ether oxygens (including phenoxy) is 1. The van der Waals surface area contributed by atoms with Crippen LogP contribution in [0.2, 0.25) is 0 Å². The zero-order valence-corrected chi connectivity index (χ0v) is 11.8. The molecule has 0 atom stereocenters. The van der Waals surface area contributed by atoms with E-state index in [9.17, 15) is 8.42 Å². The van der Waals surface area contributed by atoms with Crippen LogP contribution in [-0.4, -0.2) is 28.2 Å². The van der Waals surface area contributed by atoms with Crippen LogP contribution in [-0.2, 0) is 21.2 Å². The van der Waals surface area contributed by atoms with Gasteiger partial charge < -0.3 is 4.74 Å². The highest BCUT2D eigenvalue weighted by Gasteiger charge is 2.12. The Bertz CT molecular complexity index is 440. The van der Waals surface area contributed by atoms with E-state index in [0.29, 0.717) is 31.1 Å². The summed E-state index contributed by atoms with van der Waals surface area (Å²) >= 11 is 0. The highest BCUT2D eigenvalue weighted by molar-refractivity contribution is 7.89. The van der Waals surface area contributed by atoms with Crippen LogP contribution in [0.5, 0.6) is 0 Å². The lowest BCUT2D eigenvalue weighted by atomic mass is 10.2. The maximum atomic E-state index is 11.9. The van der Waals surface area contributed by atoms with Crippen LogP contribution < -0.4 is 4.72 Å². The zero-order chi connectivity index (χ0) is 13.4. The number of hydrogen-bond acceptors (Lipinski definition) is 3. The van der Waals surface area contributed by atoms with Crippen molar-refractivity contribution in [1.29, 1.82) is 0 Å². The first-order valence-corrected chi connectivity index (χ1v) is 7.74. The molecule has 0 amide bonds. The lowest BCUT2D eigenvalue weighted by Crippen LogP contribution is -2.25. The van der Waals surface area contributed by atoms with Crippen LogP contribution in [0.25, 0.3) is 0 Å². The Kier molecular flexibility index (Phi) is 6.32. The molecule has 0 spiro atoms. The summed E-state index contributed by atoms with van der Waals surface area (Å²) in [6.07, 6.45) is 1.59. The van der Waals surface area contributed by atoms with Gasteiger partial charge in [0.2, 0.25) is 10.0 Å². The van der Waals surface area contributed by atoms with Crippen LogP contribution in [0.15, 0.2) is 29.2 Å². The van der Waals surface area contributed by atoms with Crippen LogP contribution in [0.3, 0.4) is 0 Å². The molecule has 0 unspecified atom stereocenters. The molecule has 1 aromatic carbocycles. The third kappa shape index (κ3) is 4.76. The summed E-state index contributed by atoms with van der Waals surface area (Å²) in [5, 5.41) is 0. The van der Waals surface area contributed by atoms with Gasteiger partial charge in [-0.25, -0.2) is 13.1 Å². The van der Waals surface area contributed by atoms with E-state index in [2.05, 4.69) is 4.72 Å². The summed E-state index contributed by atoms with van der Waals surface area (Å²) in [4.78, 5) is 0.316. The minimum atomic E-state index is -3.38. The van der Waals surface area contributed by atoms with Gasteiger partial charge in [0, 0.05) is 19.8 Å². The number of hydrogen-bond donors (Lipinski definition) is 1. The van der Waals surface area contributed by atoms with Gasteiger partial charge in [0.1, 0.15) is 0 Å². The summed E-state index contributed by atoms with van der Waals surface area (Å²) in [7, 11) is -3.38. The molecule has 5 heteroatoms. The monoisotopic (exact) mass is 271 g/mol. The molecule has 4 nitrogen and oxygen atoms in total. The van der Waals surface area contributed by atoms with E-state index < -0.39 is 10.0 Å². The number of nitrogens with one attached hydrogen (secondary N) is 1. The first-order valence-electron chi connectivity index (χ1n) is 6.26. The summed E-state index contributed by atoms with van der Waals surface area (Å²) in [6.45, 7) is 5.59. The van der Waals surface area contributed by atoms with Crippen LogP contribution >= 0.6 is 0 Å². The molecule has 0 aliphatic rings. The van der Waals surface area contributed by atoms with Gasteiger partial charge in [-0.05, 0) is 37.5 Å². The second-order valence-electron chi connectivity index (χ2n) is 3.95. The van der Waals surface area contributed by atoms with E-state index in [1.807, 2.05) is 26.0 Å². The largest absolute Gasteiger partial charge is 0.382 e. The van der Waals surface area contributed by atoms with E-state index in [1.54, 1.807) is 12.1 Å². The fourth-order valence-corrected chi connectivity index (χ4v) is 2.59. The van der Waals surface area contributed by atoms with Crippen molar-refractivity contribution in [3.05, 3.63) is 29.8 Å². The normalized spacial score (nSPS) is 11.7. The molecule has 0 bridgehead atoms. The Morgan fingerprint density at radius 3 is 2.39 bits per heavy atom. The molecule has 0 aromatic heterocycles. The molecule has 0 aliphatic carbocycles. The highest BCUT2D eigenvalue weighted by atomic mass is 32.2. The van der Waals surface area contributed by atoms with Gasteiger partial charge in [-0.3, -0.25) is 0 Å². The topological polar surface area (TPSA) is 55.4 Å². The van der Waals surface area contributed by atoms with E-state index in [0.717, 1.165) is 12.0 Å². The fourth-order valence-electron chi connectivity index (χ4n) is 1.51.